The molecule has 5 heavy (non-hydrogen) atoms. The van der Waals surface area contributed by atoms with Crippen molar-refractivity contribution in [2.75, 3.05) is 0 Å². The Morgan fingerprint density at radius 1 is 0.600 bits per heavy atom. The SMILES string of the molecule is O.[Li+].[Li+].[OH-].[OH-]. The van der Waals surface area contributed by atoms with Crippen molar-refractivity contribution in [2.24, 2.45) is 0 Å². The molecule has 0 aromatic rings. The first kappa shape index (κ1) is 135. The van der Waals surface area contributed by atoms with Crippen LogP contribution in [-0.4, -0.2) is 16.4 Å². The Balaban J connectivity index is 0. The summed E-state index contributed by atoms with van der Waals surface area (Å²) in [5, 5.41) is 0. The average molecular weight is 65.9 g/mol. The predicted octanol–water partition coefficient (Wildman–Crippen LogP) is -7.17. The molecule has 4 N–H and O–H groups in total. The first-order chi connectivity index (χ1) is 0. The third kappa shape index (κ3) is 41.5. The van der Waals surface area contributed by atoms with Crippen LogP contribution in [0.1, 0.15) is 0 Å². The van der Waals surface area contributed by atoms with Gasteiger partial charge in [0.05, 0.1) is 0 Å². The van der Waals surface area contributed by atoms with E-state index in [0.29, 0.717) is 0 Å². The molecule has 0 aromatic carbocycles. The first-order valence-corrected chi connectivity index (χ1v) is 0. The normalized spacial score (nSPS) is 0. The van der Waals surface area contributed by atoms with Gasteiger partial charge >= 0.3 is 37.7 Å². The largest absolute Gasteiger partial charge is 1.00 e. The Morgan fingerprint density at radius 3 is 0.600 bits per heavy atom. The molecule has 0 rings (SSSR count). The second kappa shape index (κ2) is 72.9. The summed E-state index contributed by atoms with van der Waals surface area (Å²) >= 11 is 0. The molecule has 0 aliphatic carbocycles. The summed E-state index contributed by atoms with van der Waals surface area (Å²) in [6, 6.07) is 0. The van der Waals surface area contributed by atoms with Gasteiger partial charge in [-0.1, -0.05) is 0 Å². The van der Waals surface area contributed by atoms with E-state index in [9.17, 15) is 0 Å². The van der Waals surface area contributed by atoms with Crippen LogP contribution in [0.25, 0.3) is 0 Å². The minimum atomic E-state index is 0. The standard InChI is InChI=1S/2Li.3H2O/h;;3*1H2/q2*+1;;;/p-2. The molecule has 0 unspecified atom stereocenters. The second-order valence-corrected chi connectivity index (χ2v) is 0. The Morgan fingerprint density at radius 2 is 0.600 bits per heavy atom. The maximum Gasteiger partial charge on any atom is 1.00 e. The number of hydrogen-bond acceptors (Lipinski definition) is 2. The van der Waals surface area contributed by atoms with Gasteiger partial charge in [-0.2, -0.15) is 0 Å². The molecule has 0 spiro atoms. The van der Waals surface area contributed by atoms with Crippen LogP contribution in [0.2, 0.25) is 0 Å². The predicted molar refractivity (Wildman–Crippen MR) is 7.49 cm³/mol. The molecular weight excluding hydrogens is 61.9 g/mol. The molecule has 0 aliphatic rings. The van der Waals surface area contributed by atoms with Crippen molar-refractivity contribution in [1.82, 2.24) is 0 Å². The summed E-state index contributed by atoms with van der Waals surface area (Å²) < 4.78 is 0. The van der Waals surface area contributed by atoms with Gasteiger partial charge in [0.15, 0.2) is 0 Å². The zero-order chi connectivity index (χ0) is 0. The Labute approximate surface area is 54.4 Å². The summed E-state index contributed by atoms with van der Waals surface area (Å²) in [5.74, 6) is 0. The van der Waals surface area contributed by atoms with Gasteiger partial charge in [-0.3, -0.25) is 0 Å². The van der Waals surface area contributed by atoms with Crippen molar-refractivity contribution in [3.05, 3.63) is 0 Å². The van der Waals surface area contributed by atoms with Crippen LogP contribution in [0.5, 0.6) is 0 Å². The molecule has 0 atom stereocenters. The van der Waals surface area contributed by atoms with Crippen molar-refractivity contribution in [3.8, 4) is 0 Å². The van der Waals surface area contributed by atoms with Gasteiger partial charge in [0, 0.05) is 0 Å². The fourth-order valence-corrected chi connectivity index (χ4v) is 0. The van der Waals surface area contributed by atoms with Gasteiger partial charge in [0.1, 0.15) is 0 Å². The molecule has 24 valence electrons. The van der Waals surface area contributed by atoms with Crippen molar-refractivity contribution < 1.29 is 54.1 Å². The van der Waals surface area contributed by atoms with Crippen LogP contribution < -0.4 is 37.7 Å². The first-order valence-electron chi connectivity index (χ1n) is 0. The quantitative estimate of drug-likeness (QED) is 0.263. The van der Waals surface area contributed by atoms with Crippen molar-refractivity contribution in [2.45, 2.75) is 0 Å². The maximum absolute atomic E-state index is 0. The molecule has 0 saturated heterocycles. The third-order valence-corrected chi connectivity index (χ3v) is 0. The van der Waals surface area contributed by atoms with Crippen LogP contribution >= 0.6 is 0 Å². The van der Waals surface area contributed by atoms with E-state index in [-0.39, 0.29) is 54.1 Å². The van der Waals surface area contributed by atoms with Crippen LogP contribution in [0.3, 0.4) is 0 Å². The Kier molecular flexibility index (Phi) is 1980. The summed E-state index contributed by atoms with van der Waals surface area (Å²) in [5.41, 5.74) is 0. The van der Waals surface area contributed by atoms with Gasteiger partial charge in [0.25, 0.3) is 0 Å². The molecule has 0 bridgehead atoms. The van der Waals surface area contributed by atoms with E-state index in [1.165, 1.54) is 0 Å². The van der Waals surface area contributed by atoms with E-state index < -0.39 is 0 Å². The van der Waals surface area contributed by atoms with Crippen LogP contribution in [0.15, 0.2) is 0 Å². The number of hydrogen-bond donors (Lipinski definition) is 0. The van der Waals surface area contributed by atoms with Crippen LogP contribution in [0.4, 0.5) is 0 Å². The van der Waals surface area contributed by atoms with Gasteiger partial charge in [-0.05, 0) is 0 Å². The van der Waals surface area contributed by atoms with E-state index >= 15 is 0 Å². The van der Waals surface area contributed by atoms with E-state index in [1.54, 1.807) is 0 Å². The van der Waals surface area contributed by atoms with E-state index in [4.69, 9.17) is 0 Å². The van der Waals surface area contributed by atoms with Crippen LogP contribution in [0, 0.1) is 0 Å². The second-order valence-electron chi connectivity index (χ2n) is 0. The fourth-order valence-electron chi connectivity index (χ4n) is 0. The minimum Gasteiger partial charge on any atom is -0.870 e. The summed E-state index contributed by atoms with van der Waals surface area (Å²) in [7, 11) is 0. The molecule has 3 nitrogen and oxygen atoms in total. The van der Waals surface area contributed by atoms with Gasteiger partial charge in [-0.25, -0.2) is 0 Å². The zero-order valence-electron chi connectivity index (χ0n) is 3.39. The molecule has 0 aromatic heterocycles. The Bertz CT molecular complexity index is 4.85. The molecule has 0 aliphatic heterocycles. The third-order valence-electron chi connectivity index (χ3n) is 0. The molecule has 0 radical (unpaired) electrons. The average Bonchev–Trinajstić information content (AvgIpc) is 0. The van der Waals surface area contributed by atoms with E-state index in [0.717, 1.165) is 0 Å². The Hall–Kier alpha value is 1.07. The van der Waals surface area contributed by atoms with Gasteiger partial charge in [-0.15, -0.1) is 0 Å². The van der Waals surface area contributed by atoms with Gasteiger partial charge in [0.2, 0.25) is 0 Å². The molecule has 0 saturated carbocycles. The molecule has 0 heterocycles. The van der Waals surface area contributed by atoms with Gasteiger partial charge < -0.3 is 16.4 Å². The minimum absolute atomic E-state index is 0. The maximum atomic E-state index is 0. The van der Waals surface area contributed by atoms with Crippen molar-refractivity contribution >= 4 is 0 Å². The van der Waals surface area contributed by atoms with Crippen molar-refractivity contribution in [1.29, 1.82) is 0 Å². The topological polar surface area (TPSA) is 91.5 Å². The molecular formula is H4Li2O3. The summed E-state index contributed by atoms with van der Waals surface area (Å²) in [6.07, 6.45) is 0. The number of rotatable bonds is 0. The van der Waals surface area contributed by atoms with Crippen molar-refractivity contribution in [3.63, 3.8) is 0 Å². The summed E-state index contributed by atoms with van der Waals surface area (Å²) in [4.78, 5) is 0. The van der Waals surface area contributed by atoms with E-state index in [2.05, 4.69) is 0 Å². The smallest absolute Gasteiger partial charge is 0.870 e. The molecule has 0 amide bonds. The fraction of sp³-hybridized carbons (Fsp3) is 0. The van der Waals surface area contributed by atoms with E-state index in [1.807, 2.05) is 0 Å². The summed E-state index contributed by atoms with van der Waals surface area (Å²) in [6.45, 7) is 0. The molecule has 5 heteroatoms. The molecule has 0 fully saturated rings. The monoisotopic (exact) mass is 66.0 g/mol. The zero-order valence-corrected chi connectivity index (χ0v) is 3.39. The van der Waals surface area contributed by atoms with Crippen LogP contribution in [-0.2, 0) is 0 Å².